The molecular formula is C12H12FN3O2. The first-order chi connectivity index (χ1) is 8.54. The number of halogens is 1. The monoisotopic (exact) mass is 249 g/mol. The molecule has 0 aliphatic carbocycles. The molecule has 0 saturated carbocycles. The van der Waals surface area contributed by atoms with Crippen molar-refractivity contribution >= 4 is 17.5 Å². The van der Waals surface area contributed by atoms with E-state index in [-0.39, 0.29) is 5.82 Å². The molecule has 0 saturated heterocycles. The first-order valence-electron chi connectivity index (χ1n) is 5.32. The van der Waals surface area contributed by atoms with Crippen LogP contribution in [-0.4, -0.2) is 11.2 Å². The lowest BCUT2D eigenvalue weighted by molar-refractivity contribution is 0.262. The Hall–Kier alpha value is -2.37. The topological polar surface area (TPSA) is 67.2 Å². The van der Waals surface area contributed by atoms with Crippen LogP contribution in [0.4, 0.5) is 20.7 Å². The molecule has 0 spiro atoms. The van der Waals surface area contributed by atoms with Gasteiger partial charge in [0.2, 0.25) is 0 Å². The minimum atomic E-state index is -0.460. The Bertz CT molecular complexity index is 580. The van der Waals surface area contributed by atoms with Gasteiger partial charge in [0.15, 0.2) is 5.82 Å². The van der Waals surface area contributed by atoms with Crippen LogP contribution in [0.15, 0.2) is 28.8 Å². The van der Waals surface area contributed by atoms with Gasteiger partial charge in [-0.15, -0.1) is 0 Å². The SMILES string of the molecule is Cc1cc(NC(=O)Nc2ccc(F)cc2C)no1. The number of hydrogen-bond acceptors (Lipinski definition) is 3. The van der Waals surface area contributed by atoms with Crippen molar-refractivity contribution < 1.29 is 13.7 Å². The fourth-order valence-electron chi connectivity index (χ4n) is 1.46. The van der Waals surface area contributed by atoms with Gasteiger partial charge in [0.05, 0.1) is 0 Å². The zero-order valence-corrected chi connectivity index (χ0v) is 9.95. The summed E-state index contributed by atoms with van der Waals surface area (Å²) < 4.78 is 17.7. The molecule has 1 heterocycles. The van der Waals surface area contributed by atoms with Crippen LogP contribution in [0.2, 0.25) is 0 Å². The molecule has 94 valence electrons. The Balaban J connectivity index is 2.03. The van der Waals surface area contributed by atoms with Crippen molar-refractivity contribution in [3.8, 4) is 0 Å². The van der Waals surface area contributed by atoms with E-state index in [1.807, 2.05) is 0 Å². The third-order valence-electron chi connectivity index (χ3n) is 2.31. The van der Waals surface area contributed by atoms with Gasteiger partial charge in [-0.05, 0) is 37.6 Å². The van der Waals surface area contributed by atoms with E-state index >= 15 is 0 Å². The average molecular weight is 249 g/mol. The van der Waals surface area contributed by atoms with Crippen molar-refractivity contribution in [2.75, 3.05) is 10.6 Å². The average Bonchev–Trinajstić information content (AvgIpc) is 2.68. The van der Waals surface area contributed by atoms with E-state index in [0.29, 0.717) is 22.8 Å². The predicted octanol–water partition coefficient (Wildman–Crippen LogP) is 3.07. The quantitative estimate of drug-likeness (QED) is 0.859. The Morgan fingerprint density at radius 1 is 1.28 bits per heavy atom. The van der Waals surface area contributed by atoms with E-state index < -0.39 is 6.03 Å². The number of nitrogens with zero attached hydrogens (tertiary/aromatic N) is 1. The Morgan fingerprint density at radius 2 is 2.06 bits per heavy atom. The number of amides is 2. The number of benzene rings is 1. The summed E-state index contributed by atoms with van der Waals surface area (Å²) in [6.45, 7) is 3.43. The van der Waals surface area contributed by atoms with Crippen LogP contribution in [-0.2, 0) is 0 Å². The van der Waals surface area contributed by atoms with Gasteiger partial charge in [0.25, 0.3) is 0 Å². The van der Waals surface area contributed by atoms with Gasteiger partial charge >= 0.3 is 6.03 Å². The molecule has 1 aromatic carbocycles. The highest BCUT2D eigenvalue weighted by Crippen LogP contribution is 2.16. The summed E-state index contributed by atoms with van der Waals surface area (Å²) in [5.74, 6) is 0.582. The van der Waals surface area contributed by atoms with Gasteiger partial charge < -0.3 is 9.84 Å². The molecular weight excluding hydrogens is 237 g/mol. The number of rotatable bonds is 2. The lowest BCUT2D eigenvalue weighted by Crippen LogP contribution is -2.20. The molecule has 0 atom stereocenters. The summed E-state index contributed by atoms with van der Waals surface area (Å²) in [7, 11) is 0. The molecule has 5 nitrogen and oxygen atoms in total. The standard InChI is InChI=1S/C12H12FN3O2/c1-7-5-9(13)3-4-10(7)14-12(17)15-11-6-8(2)18-16-11/h3-6H,1-2H3,(H2,14,15,16,17). The number of carbonyl (C=O) groups is 1. The van der Waals surface area contributed by atoms with Crippen LogP contribution >= 0.6 is 0 Å². The zero-order valence-electron chi connectivity index (χ0n) is 9.95. The van der Waals surface area contributed by atoms with Crippen LogP contribution in [0.1, 0.15) is 11.3 Å². The highest BCUT2D eigenvalue weighted by atomic mass is 19.1. The number of urea groups is 1. The minimum Gasteiger partial charge on any atom is -0.360 e. The van der Waals surface area contributed by atoms with E-state index in [2.05, 4.69) is 15.8 Å². The van der Waals surface area contributed by atoms with E-state index in [4.69, 9.17) is 4.52 Å². The Labute approximate surface area is 103 Å². The third kappa shape index (κ3) is 2.85. The van der Waals surface area contributed by atoms with Gasteiger partial charge in [0.1, 0.15) is 11.6 Å². The Kier molecular flexibility index (Phi) is 3.27. The molecule has 1 aromatic heterocycles. The van der Waals surface area contributed by atoms with E-state index in [9.17, 15) is 9.18 Å². The predicted molar refractivity (Wildman–Crippen MR) is 65.0 cm³/mol. The minimum absolute atomic E-state index is 0.324. The second kappa shape index (κ2) is 4.87. The number of aryl methyl sites for hydroxylation is 2. The summed E-state index contributed by atoms with van der Waals surface area (Å²) in [6.07, 6.45) is 0. The molecule has 0 radical (unpaired) electrons. The number of aromatic nitrogens is 1. The molecule has 2 amide bonds. The van der Waals surface area contributed by atoms with Gasteiger partial charge in [0, 0.05) is 11.8 Å². The van der Waals surface area contributed by atoms with Crippen LogP contribution in [0.5, 0.6) is 0 Å². The largest absolute Gasteiger partial charge is 0.360 e. The Morgan fingerprint density at radius 3 is 2.67 bits per heavy atom. The number of carbonyl (C=O) groups excluding carboxylic acids is 1. The van der Waals surface area contributed by atoms with Gasteiger partial charge in [-0.25, -0.2) is 9.18 Å². The van der Waals surface area contributed by atoms with Crippen LogP contribution < -0.4 is 10.6 Å². The summed E-state index contributed by atoms with van der Waals surface area (Å²) in [4.78, 5) is 11.6. The molecule has 2 rings (SSSR count). The summed E-state index contributed by atoms with van der Waals surface area (Å²) in [5.41, 5.74) is 1.18. The summed E-state index contributed by atoms with van der Waals surface area (Å²) in [6, 6.07) is 5.26. The van der Waals surface area contributed by atoms with E-state index in [0.717, 1.165) is 0 Å². The van der Waals surface area contributed by atoms with Crippen molar-refractivity contribution in [2.24, 2.45) is 0 Å². The molecule has 2 N–H and O–H groups in total. The molecule has 6 heteroatoms. The number of nitrogens with one attached hydrogen (secondary N) is 2. The maximum atomic E-state index is 12.9. The van der Waals surface area contributed by atoms with Crippen LogP contribution in [0.25, 0.3) is 0 Å². The number of anilines is 2. The van der Waals surface area contributed by atoms with Crippen molar-refractivity contribution in [1.29, 1.82) is 0 Å². The second-order valence-corrected chi connectivity index (χ2v) is 3.86. The maximum absolute atomic E-state index is 12.9. The summed E-state index contributed by atoms with van der Waals surface area (Å²) >= 11 is 0. The lowest BCUT2D eigenvalue weighted by Gasteiger charge is -2.08. The molecule has 0 fully saturated rings. The molecule has 0 aliphatic heterocycles. The highest BCUT2D eigenvalue weighted by molar-refractivity contribution is 5.99. The molecule has 0 unspecified atom stereocenters. The second-order valence-electron chi connectivity index (χ2n) is 3.86. The first-order valence-corrected chi connectivity index (χ1v) is 5.32. The highest BCUT2D eigenvalue weighted by Gasteiger charge is 2.08. The molecule has 2 aromatic rings. The molecule has 0 bridgehead atoms. The fraction of sp³-hybridized carbons (Fsp3) is 0.167. The van der Waals surface area contributed by atoms with Crippen molar-refractivity contribution in [1.82, 2.24) is 5.16 Å². The third-order valence-corrected chi connectivity index (χ3v) is 2.31. The smallest absolute Gasteiger partial charge is 0.324 e. The van der Waals surface area contributed by atoms with Crippen LogP contribution in [0, 0.1) is 19.7 Å². The maximum Gasteiger partial charge on any atom is 0.324 e. The van der Waals surface area contributed by atoms with Crippen molar-refractivity contribution in [3.05, 3.63) is 41.4 Å². The van der Waals surface area contributed by atoms with Crippen LogP contribution in [0.3, 0.4) is 0 Å². The fourth-order valence-corrected chi connectivity index (χ4v) is 1.46. The van der Waals surface area contributed by atoms with Gasteiger partial charge in [-0.3, -0.25) is 5.32 Å². The zero-order chi connectivity index (χ0) is 13.1. The van der Waals surface area contributed by atoms with Crippen molar-refractivity contribution in [3.63, 3.8) is 0 Å². The van der Waals surface area contributed by atoms with E-state index in [1.165, 1.54) is 18.2 Å². The summed E-state index contributed by atoms with van der Waals surface area (Å²) in [5, 5.41) is 8.73. The molecule has 0 aliphatic rings. The normalized spacial score (nSPS) is 10.2. The number of hydrogen-bond donors (Lipinski definition) is 2. The first kappa shape index (κ1) is 12.1. The lowest BCUT2D eigenvalue weighted by atomic mass is 10.2. The van der Waals surface area contributed by atoms with Crippen molar-refractivity contribution in [2.45, 2.75) is 13.8 Å². The molecule has 18 heavy (non-hydrogen) atoms. The van der Waals surface area contributed by atoms with E-state index in [1.54, 1.807) is 19.9 Å². The van der Waals surface area contributed by atoms with Gasteiger partial charge in [-0.1, -0.05) is 5.16 Å². The van der Waals surface area contributed by atoms with Gasteiger partial charge in [-0.2, -0.15) is 0 Å².